The van der Waals surface area contributed by atoms with E-state index in [4.69, 9.17) is 11.6 Å². The van der Waals surface area contributed by atoms with E-state index >= 15 is 0 Å². The predicted molar refractivity (Wildman–Crippen MR) is 84.1 cm³/mol. The Bertz CT molecular complexity index is 765. The van der Waals surface area contributed by atoms with Gasteiger partial charge in [-0.1, -0.05) is 31.0 Å². The molecule has 6 heteroatoms. The van der Waals surface area contributed by atoms with Crippen molar-refractivity contribution in [3.8, 4) is 5.69 Å². The fourth-order valence-corrected chi connectivity index (χ4v) is 2.71. The number of aryl methyl sites for hydroxylation is 1. The molecule has 0 atom stereocenters. The third-order valence-corrected chi connectivity index (χ3v) is 3.98. The molecule has 0 spiro atoms. The highest BCUT2D eigenvalue weighted by Gasteiger charge is 2.15. The normalized spacial score (nSPS) is 10.8. The summed E-state index contributed by atoms with van der Waals surface area (Å²) < 4.78 is 1.80. The molecule has 0 amide bonds. The number of nitrogens with one attached hydrogen (secondary N) is 1. The second-order valence-electron chi connectivity index (χ2n) is 4.57. The zero-order valence-electron chi connectivity index (χ0n) is 11.2. The van der Waals surface area contributed by atoms with Crippen molar-refractivity contribution >= 4 is 27.5 Å². The van der Waals surface area contributed by atoms with Crippen LogP contribution in [-0.4, -0.2) is 9.55 Å². The highest BCUT2D eigenvalue weighted by Crippen LogP contribution is 2.20. The smallest absolute Gasteiger partial charge is 0.297 e. The molecule has 1 aromatic carbocycles. The van der Waals surface area contributed by atoms with Gasteiger partial charge in [-0.15, -0.1) is 0 Å². The van der Waals surface area contributed by atoms with Crippen LogP contribution in [0, 0.1) is 6.92 Å². The molecule has 1 N–H and O–H groups in total. The number of nitrogens with zero attached hydrogens (tertiary/aromatic N) is 1. The molecule has 4 nitrogen and oxygen atoms in total. The summed E-state index contributed by atoms with van der Waals surface area (Å²) in [6.07, 6.45) is 1.30. The summed E-state index contributed by atoms with van der Waals surface area (Å²) in [5, 5.41) is 0.127. The van der Waals surface area contributed by atoms with E-state index in [1.54, 1.807) is 6.07 Å². The molecular formula is C14H14BrClN2O2. The third-order valence-electron chi connectivity index (χ3n) is 2.99. The average Bonchev–Trinajstić information content (AvgIpc) is 2.38. The van der Waals surface area contributed by atoms with Crippen molar-refractivity contribution in [3.05, 3.63) is 59.8 Å². The number of halogens is 2. The number of aromatic amines is 1. The average molecular weight is 358 g/mol. The van der Waals surface area contributed by atoms with Crippen LogP contribution in [0.2, 0.25) is 5.15 Å². The van der Waals surface area contributed by atoms with Gasteiger partial charge in [-0.2, -0.15) is 0 Å². The second kappa shape index (κ2) is 5.97. The Labute approximate surface area is 129 Å². The van der Waals surface area contributed by atoms with Gasteiger partial charge in [0, 0.05) is 4.47 Å². The molecular weight excluding hydrogens is 344 g/mol. The highest BCUT2D eigenvalue weighted by molar-refractivity contribution is 9.10. The molecule has 2 aromatic rings. The van der Waals surface area contributed by atoms with Crippen LogP contribution in [0.1, 0.15) is 24.5 Å². The Morgan fingerprint density at radius 3 is 2.70 bits per heavy atom. The number of H-pyrrole nitrogens is 1. The van der Waals surface area contributed by atoms with Crippen LogP contribution in [-0.2, 0) is 6.42 Å². The van der Waals surface area contributed by atoms with E-state index in [9.17, 15) is 9.59 Å². The zero-order chi connectivity index (χ0) is 14.9. The summed E-state index contributed by atoms with van der Waals surface area (Å²) in [5.41, 5.74) is 1.01. The Kier molecular flexibility index (Phi) is 4.50. The molecule has 0 unspecified atom stereocenters. The van der Waals surface area contributed by atoms with Gasteiger partial charge < -0.3 is 0 Å². The van der Waals surface area contributed by atoms with Crippen molar-refractivity contribution in [2.45, 2.75) is 26.7 Å². The standard InChI is InChI=1S/C14H14BrClN2O2/c1-3-4-9-12(16)17-14(20)18(13(9)19)11-7-8(2)5-6-10(11)15/h5-7H,3-4H2,1-2H3,(H,17,20). The summed E-state index contributed by atoms with van der Waals surface area (Å²) in [6, 6.07) is 5.49. The minimum absolute atomic E-state index is 0.127. The molecule has 1 aromatic heterocycles. The molecule has 0 radical (unpaired) electrons. The van der Waals surface area contributed by atoms with Gasteiger partial charge >= 0.3 is 5.69 Å². The first-order valence-electron chi connectivity index (χ1n) is 6.26. The van der Waals surface area contributed by atoms with E-state index in [1.807, 2.05) is 26.0 Å². The van der Waals surface area contributed by atoms with Crippen LogP contribution in [0.4, 0.5) is 0 Å². The van der Waals surface area contributed by atoms with E-state index in [-0.39, 0.29) is 10.7 Å². The maximum atomic E-state index is 12.5. The van der Waals surface area contributed by atoms with Crippen LogP contribution in [0.3, 0.4) is 0 Å². The van der Waals surface area contributed by atoms with Gasteiger partial charge in [-0.3, -0.25) is 9.78 Å². The molecule has 0 aliphatic heterocycles. The topological polar surface area (TPSA) is 54.9 Å². The fourth-order valence-electron chi connectivity index (χ4n) is 2.03. The van der Waals surface area contributed by atoms with Gasteiger partial charge in [0.1, 0.15) is 5.15 Å². The predicted octanol–water partition coefficient (Wildman–Crippen LogP) is 3.20. The first kappa shape index (κ1) is 15.1. The Balaban J connectivity index is 2.81. The van der Waals surface area contributed by atoms with Crippen molar-refractivity contribution in [1.29, 1.82) is 0 Å². The van der Waals surface area contributed by atoms with Crippen LogP contribution >= 0.6 is 27.5 Å². The second-order valence-corrected chi connectivity index (χ2v) is 5.80. The van der Waals surface area contributed by atoms with Crippen LogP contribution in [0.15, 0.2) is 32.3 Å². The lowest BCUT2D eigenvalue weighted by molar-refractivity contribution is 0.809. The largest absolute Gasteiger partial charge is 0.334 e. The summed E-state index contributed by atoms with van der Waals surface area (Å²) in [6.45, 7) is 3.85. The lowest BCUT2D eigenvalue weighted by Gasteiger charge is -2.11. The minimum atomic E-state index is -0.536. The third kappa shape index (κ3) is 2.74. The SMILES string of the molecule is CCCc1c(Cl)[nH]c(=O)n(-c2cc(C)ccc2Br)c1=O. The molecule has 1 heterocycles. The van der Waals surface area contributed by atoms with E-state index in [0.717, 1.165) is 16.6 Å². The maximum Gasteiger partial charge on any atom is 0.334 e. The monoisotopic (exact) mass is 356 g/mol. The molecule has 0 aliphatic carbocycles. The van der Waals surface area contributed by atoms with E-state index in [1.165, 1.54) is 0 Å². The van der Waals surface area contributed by atoms with Crippen molar-refractivity contribution in [1.82, 2.24) is 9.55 Å². The van der Waals surface area contributed by atoms with E-state index in [2.05, 4.69) is 20.9 Å². The van der Waals surface area contributed by atoms with Gasteiger partial charge in [-0.05, 0) is 47.0 Å². The number of rotatable bonds is 3. The lowest BCUT2D eigenvalue weighted by atomic mass is 10.2. The molecule has 0 saturated carbocycles. The van der Waals surface area contributed by atoms with Crippen molar-refractivity contribution in [3.63, 3.8) is 0 Å². The number of hydrogen-bond acceptors (Lipinski definition) is 2. The van der Waals surface area contributed by atoms with Crippen LogP contribution in [0.25, 0.3) is 5.69 Å². The number of benzene rings is 1. The van der Waals surface area contributed by atoms with Gasteiger partial charge in [-0.25, -0.2) is 9.36 Å². The molecule has 2 rings (SSSR count). The summed E-state index contributed by atoms with van der Waals surface area (Å²) in [5.74, 6) is 0. The highest BCUT2D eigenvalue weighted by atomic mass is 79.9. The molecule has 106 valence electrons. The quantitative estimate of drug-likeness (QED) is 0.858. The van der Waals surface area contributed by atoms with Gasteiger partial charge in [0.2, 0.25) is 0 Å². The Morgan fingerprint density at radius 1 is 1.35 bits per heavy atom. The zero-order valence-corrected chi connectivity index (χ0v) is 13.5. The number of aromatic nitrogens is 2. The minimum Gasteiger partial charge on any atom is -0.297 e. The van der Waals surface area contributed by atoms with Crippen molar-refractivity contribution in [2.75, 3.05) is 0 Å². The molecule has 0 fully saturated rings. The van der Waals surface area contributed by atoms with Crippen molar-refractivity contribution < 1.29 is 0 Å². The Morgan fingerprint density at radius 2 is 2.05 bits per heavy atom. The molecule has 20 heavy (non-hydrogen) atoms. The van der Waals surface area contributed by atoms with Crippen molar-refractivity contribution in [2.24, 2.45) is 0 Å². The molecule has 0 aliphatic rings. The Hall–Kier alpha value is -1.33. The first-order chi connectivity index (χ1) is 9.45. The van der Waals surface area contributed by atoms with E-state index < -0.39 is 5.69 Å². The summed E-state index contributed by atoms with van der Waals surface area (Å²) >= 11 is 9.34. The first-order valence-corrected chi connectivity index (χ1v) is 7.43. The molecule has 0 saturated heterocycles. The van der Waals surface area contributed by atoms with E-state index in [0.29, 0.717) is 22.1 Å². The van der Waals surface area contributed by atoms with Gasteiger partial charge in [0.05, 0.1) is 11.3 Å². The van der Waals surface area contributed by atoms with Gasteiger partial charge in [0.25, 0.3) is 5.56 Å². The number of hydrogen-bond donors (Lipinski definition) is 1. The summed E-state index contributed by atoms with van der Waals surface area (Å²) in [7, 11) is 0. The lowest BCUT2D eigenvalue weighted by Crippen LogP contribution is -2.36. The molecule has 0 bridgehead atoms. The van der Waals surface area contributed by atoms with Crippen LogP contribution < -0.4 is 11.2 Å². The van der Waals surface area contributed by atoms with Crippen LogP contribution in [0.5, 0.6) is 0 Å². The maximum absolute atomic E-state index is 12.5. The van der Waals surface area contributed by atoms with Gasteiger partial charge in [0.15, 0.2) is 0 Å². The fraction of sp³-hybridized carbons (Fsp3) is 0.286. The summed E-state index contributed by atoms with van der Waals surface area (Å²) in [4.78, 5) is 27.1.